The zero-order chi connectivity index (χ0) is 28.8. The fourth-order valence-electron chi connectivity index (χ4n) is 4.52. The van der Waals surface area contributed by atoms with E-state index in [0.717, 1.165) is 16.9 Å². The van der Waals surface area contributed by atoms with Gasteiger partial charge < -0.3 is 14.8 Å². The Morgan fingerprint density at radius 1 is 0.829 bits per heavy atom. The van der Waals surface area contributed by atoms with Gasteiger partial charge in [-0.05, 0) is 67.4 Å². The summed E-state index contributed by atoms with van der Waals surface area (Å²) in [4.78, 5) is 42.3. The zero-order valence-electron chi connectivity index (χ0n) is 22.7. The van der Waals surface area contributed by atoms with Crippen LogP contribution in [0.1, 0.15) is 38.8 Å². The Kier molecular flexibility index (Phi) is 8.15. The summed E-state index contributed by atoms with van der Waals surface area (Å²) in [5.74, 6) is -0.535. The van der Waals surface area contributed by atoms with Crippen LogP contribution in [0.5, 0.6) is 5.75 Å². The first-order valence-corrected chi connectivity index (χ1v) is 13.1. The molecule has 0 aliphatic rings. The van der Waals surface area contributed by atoms with Gasteiger partial charge in [0, 0.05) is 22.2 Å². The topological polar surface area (TPSA) is 94.6 Å². The third-order valence-corrected chi connectivity index (χ3v) is 6.60. The molecule has 1 amide bonds. The molecule has 5 aromatic rings. The highest BCUT2D eigenvalue weighted by Crippen LogP contribution is 2.31. The molecule has 7 nitrogen and oxygen atoms in total. The van der Waals surface area contributed by atoms with Crippen LogP contribution in [0.15, 0.2) is 103 Å². The number of Topliss-reactive ketones (excluding diaryl/α,β-unsaturated/α-hetero) is 1. The van der Waals surface area contributed by atoms with Gasteiger partial charge in [0.05, 0.1) is 16.8 Å². The van der Waals surface area contributed by atoms with Crippen LogP contribution in [0, 0.1) is 6.92 Å². The lowest BCUT2D eigenvalue weighted by Crippen LogP contribution is -2.21. The average Bonchev–Trinajstić information content (AvgIpc) is 2.99. The minimum absolute atomic E-state index is 0.113. The average molecular weight is 545 g/mol. The second kappa shape index (κ2) is 12.3. The quantitative estimate of drug-likeness (QED) is 0.162. The standard InChI is InChI=1S/C34H28N2O5/c1-22-32(34(39)41-21-31(38)35-27-12-8-11-26(19-27)23(2)37)29-13-6-7-14-30(29)36-33(22)25-15-17-28(18-16-25)40-20-24-9-4-3-5-10-24/h3-19H,20-21H2,1-2H3,(H,35,38). The van der Waals surface area contributed by atoms with E-state index >= 15 is 0 Å². The molecule has 7 heteroatoms. The number of nitrogens with one attached hydrogen (secondary N) is 1. The third-order valence-electron chi connectivity index (χ3n) is 6.60. The van der Waals surface area contributed by atoms with Gasteiger partial charge in [0.1, 0.15) is 12.4 Å². The van der Waals surface area contributed by atoms with Crippen LogP contribution in [-0.2, 0) is 16.1 Å². The van der Waals surface area contributed by atoms with Gasteiger partial charge in [-0.3, -0.25) is 9.59 Å². The second-order valence-electron chi connectivity index (χ2n) is 9.54. The maximum absolute atomic E-state index is 13.3. The normalized spacial score (nSPS) is 10.7. The highest BCUT2D eigenvalue weighted by molar-refractivity contribution is 6.07. The Balaban J connectivity index is 1.34. The summed E-state index contributed by atoms with van der Waals surface area (Å²) < 4.78 is 11.4. The number of anilines is 1. The number of para-hydroxylation sites is 1. The number of ether oxygens (including phenoxy) is 2. The van der Waals surface area contributed by atoms with Crippen LogP contribution in [0.25, 0.3) is 22.2 Å². The number of carbonyl (C=O) groups is 3. The van der Waals surface area contributed by atoms with E-state index in [1.165, 1.54) is 6.92 Å². The molecule has 41 heavy (non-hydrogen) atoms. The number of nitrogens with zero attached hydrogens (tertiary/aromatic N) is 1. The van der Waals surface area contributed by atoms with Crippen LogP contribution in [0.3, 0.4) is 0 Å². The molecule has 0 atom stereocenters. The molecule has 5 rings (SSSR count). The number of hydrogen-bond acceptors (Lipinski definition) is 6. The van der Waals surface area contributed by atoms with Crippen molar-refractivity contribution in [2.75, 3.05) is 11.9 Å². The third kappa shape index (κ3) is 6.47. The van der Waals surface area contributed by atoms with Crippen LogP contribution in [0.4, 0.5) is 5.69 Å². The second-order valence-corrected chi connectivity index (χ2v) is 9.54. The SMILES string of the molecule is CC(=O)c1cccc(NC(=O)COC(=O)c2c(C)c(-c3ccc(OCc4ccccc4)cc3)nc3ccccc23)c1. The fraction of sp³-hybridized carbons (Fsp3) is 0.118. The largest absolute Gasteiger partial charge is 0.489 e. The number of pyridine rings is 1. The van der Waals surface area contributed by atoms with Gasteiger partial charge in [0.25, 0.3) is 5.91 Å². The van der Waals surface area contributed by atoms with E-state index in [1.807, 2.05) is 85.8 Å². The van der Waals surface area contributed by atoms with Crippen molar-refractivity contribution in [3.63, 3.8) is 0 Å². The summed E-state index contributed by atoms with van der Waals surface area (Å²) >= 11 is 0. The van der Waals surface area contributed by atoms with Crippen LogP contribution in [-0.4, -0.2) is 29.3 Å². The molecule has 204 valence electrons. The van der Waals surface area contributed by atoms with Crippen molar-refractivity contribution < 1.29 is 23.9 Å². The van der Waals surface area contributed by atoms with Gasteiger partial charge in [-0.15, -0.1) is 0 Å². The van der Waals surface area contributed by atoms with Crippen molar-refractivity contribution in [3.05, 3.63) is 125 Å². The van der Waals surface area contributed by atoms with E-state index in [1.54, 1.807) is 24.3 Å². The van der Waals surface area contributed by atoms with E-state index in [4.69, 9.17) is 14.5 Å². The Morgan fingerprint density at radius 2 is 1.56 bits per heavy atom. The minimum Gasteiger partial charge on any atom is -0.489 e. The first-order valence-electron chi connectivity index (χ1n) is 13.1. The van der Waals surface area contributed by atoms with Gasteiger partial charge in [-0.25, -0.2) is 9.78 Å². The molecule has 0 fully saturated rings. The maximum Gasteiger partial charge on any atom is 0.339 e. The minimum atomic E-state index is -0.627. The molecule has 0 aliphatic heterocycles. The molecule has 0 aliphatic carbocycles. The highest BCUT2D eigenvalue weighted by Gasteiger charge is 2.21. The number of carbonyl (C=O) groups excluding carboxylic acids is 3. The molecule has 0 unspecified atom stereocenters. The predicted molar refractivity (Wildman–Crippen MR) is 158 cm³/mol. The summed E-state index contributed by atoms with van der Waals surface area (Å²) in [5, 5.41) is 3.30. The Labute approximate surface area is 237 Å². The smallest absolute Gasteiger partial charge is 0.339 e. The summed E-state index contributed by atoms with van der Waals surface area (Å²) in [5.41, 5.74) is 5.07. The first kappa shape index (κ1) is 27.3. The Morgan fingerprint density at radius 3 is 2.32 bits per heavy atom. The van der Waals surface area contributed by atoms with Gasteiger partial charge in [0.15, 0.2) is 12.4 Å². The summed E-state index contributed by atoms with van der Waals surface area (Å²) in [7, 11) is 0. The molecule has 1 N–H and O–H groups in total. The lowest BCUT2D eigenvalue weighted by Gasteiger charge is -2.15. The van der Waals surface area contributed by atoms with Crippen molar-refractivity contribution in [1.29, 1.82) is 0 Å². The van der Waals surface area contributed by atoms with E-state index in [9.17, 15) is 14.4 Å². The summed E-state index contributed by atoms with van der Waals surface area (Å²) in [6.07, 6.45) is 0. The Hall–Kier alpha value is -5.30. The van der Waals surface area contributed by atoms with Gasteiger partial charge in [-0.1, -0.05) is 60.7 Å². The molecule has 0 spiro atoms. The maximum atomic E-state index is 13.3. The number of hydrogen-bond donors (Lipinski definition) is 1. The molecule has 1 aromatic heterocycles. The summed E-state index contributed by atoms with van der Waals surface area (Å²) in [6.45, 7) is 3.24. The molecule has 0 bridgehead atoms. The van der Waals surface area contributed by atoms with Crippen molar-refractivity contribution in [3.8, 4) is 17.0 Å². The first-order chi connectivity index (χ1) is 19.9. The van der Waals surface area contributed by atoms with E-state index < -0.39 is 18.5 Å². The molecule has 0 saturated carbocycles. The number of esters is 1. The summed E-state index contributed by atoms with van der Waals surface area (Å²) in [6, 6.07) is 31.4. The van der Waals surface area contributed by atoms with Crippen LogP contribution < -0.4 is 10.1 Å². The number of benzene rings is 4. The van der Waals surface area contributed by atoms with Gasteiger partial charge in [-0.2, -0.15) is 0 Å². The number of fused-ring (bicyclic) bond motifs is 1. The van der Waals surface area contributed by atoms with Crippen molar-refractivity contribution in [2.24, 2.45) is 0 Å². The predicted octanol–water partition coefficient (Wildman–Crippen LogP) is 6.79. The number of ketones is 1. The van der Waals surface area contributed by atoms with Crippen molar-refractivity contribution >= 4 is 34.3 Å². The molecule has 1 heterocycles. The van der Waals surface area contributed by atoms with Gasteiger partial charge >= 0.3 is 5.97 Å². The molecule has 0 radical (unpaired) electrons. The zero-order valence-corrected chi connectivity index (χ0v) is 22.7. The number of rotatable bonds is 9. The molecular weight excluding hydrogens is 516 g/mol. The number of aromatic nitrogens is 1. The highest BCUT2D eigenvalue weighted by atomic mass is 16.5. The monoisotopic (exact) mass is 544 g/mol. The molecular formula is C34H28N2O5. The van der Waals surface area contributed by atoms with E-state index in [2.05, 4.69) is 5.32 Å². The Bertz CT molecular complexity index is 1730. The lowest BCUT2D eigenvalue weighted by molar-refractivity contribution is -0.119. The molecule has 0 saturated heterocycles. The van der Waals surface area contributed by atoms with E-state index in [0.29, 0.717) is 45.6 Å². The lowest BCUT2D eigenvalue weighted by atomic mass is 9.97. The molecule has 4 aromatic carbocycles. The fourth-order valence-corrected chi connectivity index (χ4v) is 4.52. The van der Waals surface area contributed by atoms with Crippen molar-refractivity contribution in [1.82, 2.24) is 4.98 Å². The van der Waals surface area contributed by atoms with Crippen LogP contribution >= 0.6 is 0 Å². The number of amides is 1. The van der Waals surface area contributed by atoms with Gasteiger partial charge in [0.2, 0.25) is 0 Å². The van der Waals surface area contributed by atoms with Crippen LogP contribution in [0.2, 0.25) is 0 Å². The van der Waals surface area contributed by atoms with E-state index in [-0.39, 0.29) is 5.78 Å². The van der Waals surface area contributed by atoms with Crippen molar-refractivity contribution in [2.45, 2.75) is 20.5 Å².